The Morgan fingerprint density at radius 3 is 2.96 bits per heavy atom. The first-order valence-corrected chi connectivity index (χ1v) is 9.57. The molecule has 1 amide bonds. The zero-order valence-corrected chi connectivity index (χ0v) is 14.3. The summed E-state index contributed by atoms with van der Waals surface area (Å²) in [5.74, 6) is 2.79. The van der Waals surface area contributed by atoms with E-state index in [2.05, 4.69) is 11.1 Å². The van der Waals surface area contributed by atoms with Gasteiger partial charge in [0.25, 0.3) is 5.91 Å². The van der Waals surface area contributed by atoms with Crippen LogP contribution in [0.5, 0.6) is 5.88 Å². The zero-order valence-electron chi connectivity index (χ0n) is 13.5. The third kappa shape index (κ3) is 3.13. The number of ether oxygens (including phenoxy) is 1. The Kier molecular flexibility index (Phi) is 4.43. The summed E-state index contributed by atoms with van der Waals surface area (Å²) in [5, 5.41) is 0. The molecular weight excluding hydrogens is 320 g/mol. The standard InChI is InChI=1S/C19H20N2O2S/c22-19(21-10-3-5-14-4-1-2-6-17(14)21)15-7-8-18(20-12-15)23-16-9-11-24-13-16/h1-2,4,6-8,12,16H,3,5,9-11,13H2. The molecule has 3 heterocycles. The van der Waals surface area contributed by atoms with Crippen LogP contribution in [0, 0.1) is 0 Å². The molecule has 1 atom stereocenters. The number of fused-ring (bicyclic) bond motifs is 1. The second kappa shape index (κ2) is 6.85. The van der Waals surface area contributed by atoms with Gasteiger partial charge in [0.2, 0.25) is 5.88 Å². The molecule has 4 nitrogen and oxygen atoms in total. The molecule has 0 aliphatic carbocycles. The van der Waals surface area contributed by atoms with E-state index < -0.39 is 0 Å². The highest BCUT2D eigenvalue weighted by atomic mass is 32.2. The summed E-state index contributed by atoms with van der Waals surface area (Å²) in [6, 6.07) is 11.8. The van der Waals surface area contributed by atoms with Crippen LogP contribution in [0.2, 0.25) is 0 Å². The fourth-order valence-electron chi connectivity index (χ4n) is 3.25. The van der Waals surface area contributed by atoms with Gasteiger partial charge in [-0.1, -0.05) is 18.2 Å². The Balaban J connectivity index is 1.50. The number of thioether (sulfide) groups is 1. The number of hydrogen-bond acceptors (Lipinski definition) is 4. The summed E-state index contributed by atoms with van der Waals surface area (Å²) in [6.45, 7) is 0.757. The molecule has 0 bridgehead atoms. The normalized spacial score (nSPS) is 19.8. The van der Waals surface area contributed by atoms with Crippen molar-refractivity contribution < 1.29 is 9.53 Å². The van der Waals surface area contributed by atoms with Crippen LogP contribution in [0.4, 0.5) is 5.69 Å². The number of pyridine rings is 1. The Morgan fingerprint density at radius 1 is 1.25 bits per heavy atom. The molecule has 2 aromatic rings. The number of para-hydroxylation sites is 1. The summed E-state index contributed by atoms with van der Waals surface area (Å²) in [5.41, 5.74) is 2.88. The lowest BCUT2D eigenvalue weighted by Crippen LogP contribution is -2.35. The molecule has 2 aliphatic rings. The predicted octanol–water partition coefficient (Wildman–Crippen LogP) is 3.56. The Hall–Kier alpha value is -2.01. The zero-order chi connectivity index (χ0) is 16.4. The van der Waals surface area contributed by atoms with Crippen molar-refractivity contribution in [2.24, 2.45) is 0 Å². The lowest BCUT2D eigenvalue weighted by Gasteiger charge is -2.29. The SMILES string of the molecule is O=C(c1ccc(OC2CCSC2)nc1)N1CCCc2ccccc21. The first kappa shape index (κ1) is 15.5. The van der Waals surface area contributed by atoms with E-state index in [-0.39, 0.29) is 12.0 Å². The molecular formula is C19H20N2O2S. The van der Waals surface area contributed by atoms with Gasteiger partial charge in [-0.3, -0.25) is 4.79 Å². The minimum atomic E-state index is 0.0117. The van der Waals surface area contributed by atoms with Gasteiger partial charge in [0.1, 0.15) is 6.10 Å². The third-order valence-electron chi connectivity index (χ3n) is 4.51. The minimum absolute atomic E-state index is 0.0117. The van der Waals surface area contributed by atoms with Crippen molar-refractivity contribution in [3.63, 3.8) is 0 Å². The minimum Gasteiger partial charge on any atom is -0.473 e. The van der Waals surface area contributed by atoms with Crippen molar-refractivity contribution >= 4 is 23.4 Å². The van der Waals surface area contributed by atoms with Crippen molar-refractivity contribution in [3.8, 4) is 5.88 Å². The molecule has 124 valence electrons. The lowest BCUT2D eigenvalue weighted by molar-refractivity contribution is 0.0984. The van der Waals surface area contributed by atoms with Gasteiger partial charge < -0.3 is 9.64 Å². The summed E-state index contributed by atoms with van der Waals surface area (Å²) in [6.07, 6.45) is 4.98. The van der Waals surface area contributed by atoms with Crippen LogP contribution >= 0.6 is 11.8 Å². The Bertz CT molecular complexity index is 726. The second-order valence-corrected chi connectivity index (χ2v) is 7.33. The molecule has 2 aliphatic heterocycles. The number of carbonyl (C=O) groups is 1. The van der Waals surface area contributed by atoms with Gasteiger partial charge in [-0.25, -0.2) is 4.98 Å². The quantitative estimate of drug-likeness (QED) is 0.857. The number of nitrogens with zero attached hydrogens (tertiary/aromatic N) is 2. The van der Waals surface area contributed by atoms with Crippen LogP contribution in [0.15, 0.2) is 42.6 Å². The molecule has 1 unspecified atom stereocenters. The average Bonchev–Trinajstić information content (AvgIpc) is 3.14. The molecule has 24 heavy (non-hydrogen) atoms. The first-order valence-electron chi connectivity index (χ1n) is 8.41. The number of hydrogen-bond donors (Lipinski definition) is 0. The van der Waals surface area contributed by atoms with E-state index in [1.165, 1.54) is 5.56 Å². The summed E-state index contributed by atoms with van der Waals surface area (Å²) in [7, 11) is 0. The van der Waals surface area contributed by atoms with Crippen LogP contribution in [0.25, 0.3) is 0 Å². The number of benzene rings is 1. The molecule has 1 aromatic carbocycles. The molecule has 0 spiro atoms. The van der Waals surface area contributed by atoms with Crippen molar-refractivity contribution in [2.75, 3.05) is 23.0 Å². The predicted molar refractivity (Wildman–Crippen MR) is 97.0 cm³/mol. The molecule has 4 rings (SSSR count). The van der Waals surface area contributed by atoms with Gasteiger partial charge in [-0.2, -0.15) is 11.8 Å². The fourth-order valence-corrected chi connectivity index (χ4v) is 4.35. The highest BCUT2D eigenvalue weighted by Crippen LogP contribution is 2.28. The van der Waals surface area contributed by atoms with Gasteiger partial charge in [-0.05, 0) is 42.7 Å². The molecule has 0 N–H and O–H groups in total. The average molecular weight is 340 g/mol. The van der Waals surface area contributed by atoms with Crippen LogP contribution in [0.1, 0.15) is 28.8 Å². The van der Waals surface area contributed by atoms with Crippen LogP contribution in [0.3, 0.4) is 0 Å². The van der Waals surface area contributed by atoms with E-state index in [4.69, 9.17) is 4.74 Å². The van der Waals surface area contributed by atoms with E-state index in [1.807, 2.05) is 47.0 Å². The Labute approximate surface area is 146 Å². The summed E-state index contributed by atoms with van der Waals surface area (Å²) < 4.78 is 5.85. The number of rotatable bonds is 3. The highest BCUT2D eigenvalue weighted by Gasteiger charge is 2.24. The molecule has 5 heteroatoms. The van der Waals surface area contributed by atoms with Crippen molar-refractivity contribution in [2.45, 2.75) is 25.4 Å². The van der Waals surface area contributed by atoms with Crippen LogP contribution < -0.4 is 9.64 Å². The van der Waals surface area contributed by atoms with Crippen molar-refractivity contribution in [3.05, 3.63) is 53.7 Å². The molecule has 1 saturated heterocycles. The van der Waals surface area contributed by atoms with E-state index in [9.17, 15) is 4.79 Å². The van der Waals surface area contributed by atoms with Crippen LogP contribution in [-0.4, -0.2) is 35.0 Å². The monoisotopic (exact) mass is 340 g/mol. The molecule has 0 radical (unpaired) electrons. The van der Waals surface area contributed by atoms with E-state index in [1.54, 1.807) is 6.20 Å². The molecule has 1 fully saturated rings. The molecule has 0 saturated carbocycles. The highest BCUT2D eigenvalue weighted by molar-refractivity contribution is 7.99. The number of anilines is 1. The number of amides is 1. The topological polar surface area (TPSA) is 42.4 Å². The maximum atomic E-state index is 12.9. The molecule has 1 aromatic heterocycles. The third-order valence-corrected chi connectivity index (χ3v) is 5.65. The second-order valence-electron chi connectivity index (χ2n) is 6.18. The largest absolute Gasteiger partial charge is 0.473 e. The number of aryl methyl sites for hydroxylation is 1. The smallest absolute Gasteiger partial charge is 0.259 e. The van der Waals surface area contributed by atoms with Gasteiger partial charge in [0, 0.05) is 30.2 Å². The number of aromatic nitrogens is 1. The van der Waals surface area contributed by atoms with Crippen LogP contribution in [-0.2, 0) is 6.42 Å². The maximum Gasteiger partial charge on any atom is 0.259 e. The van der Waals surface area contributed by atoms with Crippen molar-refractivity contribution in [1.29, 1.82) is 0 Å². The van der Waals surface area contributed by atoms with Gasteiger partial charge in [-0.15, -0.1) is 0 Å². The number of carbonyl (C=O) groups excluding carboxylic acids is 1. The van der Waals surface area contributed by atoms with E-state index >= 15 is 0 Å². The summed E-state index contributed by atoms with van der Waals surface area (Å²) in [4.78, 5) is 19.1. The fraction of sp³-hybridized carbons (Fsp3) is 0.368. The van der Waals surface area contributed by atoms with Gasteiger partial charge >= 0.3 is 0 Å². The van der Waals surface area contributed by atoms with Gasteiger partial charge in [0.05, 0.1) is 5.56 Å². The Morgan fingerprint density at radius 2 is 2.17 bits per heavy atom. The lowest BCUT2D eigenvalue weighted by atomic mass is 10.0. The van der Waals surface area contributed by atoms with E-state index in [0.29, 0.717) is 11.4 Å². The van der Waals surface area contributed by atoms with Crippen molar-refractivity contribution in [1.82, 2.24) is 4.98 Å². The van der Waals surface area contributed by atoms with E-state index in [0.717, 1.165) is 43.0 Å². The van der Waals surface area contributed by atoms with Gasteiger partial charge in [0.15, 0.2) is 0 Å². The maximum absolute atomic E-state index is 12.9. The summed E-state index contributed by atoms with van der Waals surface area (Å²) >= 11 is 1.91. The first-order chi connectivity index (χ1) is 11.8.